The molecule has 1 aliphatic carbocycles. The van der Waals surface area contributed by atoms with E-state index in [-0.39, 0.29) is 0 Å². The summed E-state index contributed by atoms with van der Waals surface area (Å²) in [4.78, 5) is 15.1. The molecular formula is C18H26N4S. The summed E-state index contributed by atoms with van der Waals surface area (Å²) in [6.45, 7) is 7.17. The molecule has 0 aromatic carbocycles. The highest BCUT2D eigenvalue weighted by atomic mass is 32.1. The van der Waals surface area contributed by atoms with Crippen molar-refractivity contribution in [3.63, 3.8) is 0 Å². The topological polar surface area (TPSA) is 50.7 Å². The summed E-state index contributed by atoms with van der Waals surface area (Å²) in [6.07, 6.45) is 9.25. The molecule has 1 unspecified atom stereocenters. The number of rotatable bonds is 6. The summed E-state index contributed by atoms with van der Waals surface area (Å²) in [5, 5.41) is 4.91. The third kappa shape index (κ3) is 4.15. The third-order valence-electron chi connectivity index (χ3n) is 4.51. The van der Waals surface area contributed by atoms with Gasteiger partial charge in [0, 0.05) is 34.8 Å². The highest BCUT2D eigenvalue weighted by molar-refractivity contribution is 7.11. The molecule has 1 N–H and O–H groups in total. The van der Waals surface area contributed by atoms with Crippen molar-refractivity contribution in [3.8, 4) is 0 Å². The Labute approximate surface area is 142 Å². The molecule has 4 nitrogen and oxygen atoms in total. The van der Waals surface area contributed by atoms with Crippen LogP contribution in [-0.4, -0.2) is 21.5 Å². The van der Waals surface area contributed by atoms with E-state index in [0.717, 1.165) is 30.9 Å². The van der Waals surface area contributed by atoms with E-state index in [9.17, 15) is 0 Å². The van der Waals surface area contributed by atoms with E-state index >= 15 is 0 Å². The molecule has 0 bridgehead atoms. The van der Waals surface area contributed by atoms with Crippen molar-refractivity contribution in [2.75, 3.05) is 6.54 Å². The molecule has 124 valence electrons. The third-order valence-corrected chi connectivity index (χ3v) is 5.73. The second-order valence-electron chi connectivity index (χ2n) is 6.42. The lowest BCUT2D eigenvalue weighted by atomic mass is 10.0. The summed E-state index contributed by atoms with van der Waals surface area (Å²) in [5.41, 5.74) is 3.65. The fourth-order valence-electron chi connectivity index (χ4n) is 3.20. The first-order chi connectivity index (χ1) is 11.1. The summed E-state index contributed by atoms with van der Waals surface area (Å²) in [7, 11) is 0. The molecule has 0 radical (unpaired) electrons. The lowest BCUT2D eigenvalue weighted by Gasteiger charge is -2.15. The molecule has 3 rings (SSSR count). The minimum Gasteiger partial charge on any atom is -0.310 e. The SMILES string of the molecule is Cc1ncc(C(C)NCCCc2nc3c(s2)CCCC3)c(C)n1. The van der Waals surface area contributed by atoms with Crippen LogP contribution in [0.15, 0.2) is 6.20 Å². The number of thiazole rings is 1. The van der Waals surface area contributed by atoms with Gasteiger partial charge in [0.15, 0.2) is 0 Å². The normalized spacial score (nSPS) is 15.4. The van der Waals surface area contributed by atoms with Gasteiger partial charge in [-0.2, -0.15) is 0 Å². The average molecular weight is 331 g/mol. The number of aryl methyl sites for hydroxylation is 5. The van der Waals surface area contributed by atoms with Gasteiger partial charge in [0.25, 0.3) is 0 Å². The number of nitrogens with zero attached hydrogens (tertiary/aromatic N) is 3. The Morgan fingerprint density at radius 1 is 1.22 bits per heavy atom. The molecule has 0 spiro atoms. The molecule has 23 heavy (non-hydrogen) atoms. The lowest BCUT2D eigenvalue weighted by Crippen LogP contribution is -2.21. The largest absolute Gasteiger partial charge is 0.310 e. The van der Waals surface area contributed by atoms with E-state index in [1.165, 1.54) is 41.9 Å². The van der Waals surface area contributed by atoms with Crippen molar-refractivity contribution in [2.45, 2.75) is 65.3 Å². The summed E-state index contributed by atoms with van der Waals surface area (Å²) in [5.74, 6) is 0.839. The van der Waals surface area contributed by atoms with Crippen molar-refractivity contribution < 1.29 is 0 Å². The van der Waals surface area contributed by atoms with E-state index in [4.69, 9.17) is 4.98 Å². The maximum Gasteiger partial charge on any atom is 0.125 e. The molecule has 2 aromatic rings. The molecule has 1 atom stereocenters. The molecule has 1 aliphatic rings. The van der Waals surface area contributed by atoms with Crippen molar-refractivity contribution in [1.82, 2.24) is 20.3 Å². The molecule has 0 fully saturated rings. The van der Waals surface area contributed by atoms with E-state index in [0.29, 0.717) is 6.04 Å². The van der Waals surface area contributed by atoms with Crippen molar-refractivity contribution in [3.05, 3.63) is 38.9 Å². The zero-order valence-corrected chi connectivity index (χ0v) is 15.2. The van der Waals surface area contributed by atoms with Crippen molar-refractivity contribution in [2.24, 2.45) is 0 Å². The van der Waals surface area contributed by atoms with Crippen LogP contribution in [-0.2, 0) is 19.3 Å². The van der Waals surface area contributed by atoms with Gasteiger partial charge >= 0.3 is 0 Å². The number of nitrogens with one attached hydrogen (secondary N) is 1. The van der Waals surface area contributed by atoms with Gasteiger partial charge in [-0.3, -0.25) is 0 Å². The van der Waals surface area contributed by atoms with Crippen LogP contribution in [0.1, 0.15) is 64.9 Å². The monoisotopic (exact) mass is 330 g/mol. The molecular weight excluding hydrogens is 304 g/mol. The van der Waals surface area contributed by atoms with E-state index < -0.39 is 0 Å². The van der Waals surface area contributed by atoms with Gasteiger partial charge in [-0.15, -0.1) is 11.3 Å². The quantitative estimate of drug-likeness (QED) is 0.820. The van der Waals surface area contributed by atoms with Crippen molar-refractivity contribution in [1.29, 1.82) is 0 Å². The fraction of sp³-hybridized carbons (Fsp3) is 0.611. The highest BCUT2D eigenvalue weighted by Gasteiger charge is 2.15. The molecule has 2 heterocycles. The number of aromatic nitrogens is 3. The highest BCUT2D eigenvalue weighted by Crippen LogP contribution is 2.27. The number of hydrogen-bond acceptors (Lipinski definition) is 5. The molecule has 0 amide bonds. The van der Waals surface area contributed by atoms with Gasteiger partial charge < -0.3 is 5.32 Å². The first-order valence-corrected chi connectivity index (χ1v) is 9.46. The zero-order valence-electron chi connectivity index (χ0n) is 14.4. The van der Waals surface area contributed by atoms with Gasteiger partial charge in [0.2, 0.25) is 0 Å². The second kappa shape index (κ2) is 7.49. The Bertz CT molecular complexity index is 642. The van der Waals surface area contributed by atoms with Gasteiger partial charge in [0.05, 0.1) is 10.7 Å². The first-order valence-electron chi connectivity index (χ1n) is 8.64. The van der Waals surface area contributed by atoms with Crippen LogP contribution in [0.3, 0.4) is 0 Å². The minimum atomic E-state index is 0.292. The minimum absolute atomic E-state index is 0.292. The number of fused-ring (bicyclic) bond motifs is 1. The summed E-state index contributed by atoms with van der Waals surface area (Å²) in [6, 6.07) is 0.292. The number of hydrogen-bond donors (Lipinski definition) is 1. The Hall–Kier alpha value is -1.33. The maximum absolute atomic E-state index is 4.82. The predicted molar refractivity (Wildman–Crippen MR) is 95.0 cm³/mol. The van der Waals surface area contributed by atoms with Crippen LogP contribution in [0.5, 0.6) is 0 Å². The molecule has 5 heteroatoms. The molecule has 0 aliphatic heterocycles. The van der Waals surface area contributed by atoms with Crippen LogP contribution >= 0.6 is 11.3 Å². The summed E-state index contributed by atoms with van der Waals surface area (Å²) >= 11 is 1.94. The van der Waals surface area contributed by atoms with Crippen LogP contribution in [0.25, 0.3) is 0 Å². The Morgan fingerprint density at radius 2 is 2.04 bits per heavy atom. The molecule has 0 saturated carbocycles. The van der Waals surface area contributed by atoms with E-state index in [1.54, 1.807) is 4.88 Å². The second-order valence-corrected chi connectivity index (χ2v) is 7.59. The lowest BCUT2D eigenvalue weighted by molar-refractivity contribution is 0.551. The smallest absolute Gasteiger partial charge is 0.125 e. The van der Waals surface area contributed by atoms with Crippen molar-refractivity contribution >= 4 is 11.3 Å². The zero-order chi connectivity index (χ0) is 16.2. The predicted octanol–water partition coefficient (Wildman–Crippen LogP) is 3.71. The fourth-order valence-corrected chi connectivity index (χ4v) is 4.40. The van der Waals surface area contributed by atoms with Crippen LogP contribution in [0, 0.1) is 13.8 Å². The Morgan fingerprint density at radius 3 is 2.83 bits per heavy atom. The first kappa shape index (κ1) is 16.5. The van der Waals surface area contributed by atoms with Gasteiger partial charge in [-0.25, -0.2) is 15.0 Å². The van der Waals surface area contributed by atoms with Crippen LogP contribution in [0.2, 0.25) is 0 Å². The standard InChI is InChI=1S/C18H26N4S/c1-12(15-11-20-14(3)21-13(15)2)19-10-6-9-18-22-16-7-4-5-8-17(16)23-18/h11-12,19H,4-10H2,1-3H3. The van der Waals surface area contributed by atoms with E-state index in [1.807, 2.05) is 24.5 Å². The molecule has 2 aromatic heterocycles. The van der Waals surface area contributed by atoms with Crippen LogP contribution < -0.4 is 5.32 Å². The van der Waals surface area contributed by atoms with Gasteiger partial charge in [-0.05, 0) is 59.4 Å². The van der Waals surface area contributed by atoms with Gasteiger partial charge in [-0.1, -0.05) is 0 Å². The Kier molecular flexibility index (Phi) is 5.38. The molecule has 0 saturated heterocycles. The maximum atomic E-state index is 4.82. The average Bonchev–Trinajstić information content (AvgIpc) is 2.94. The van der Waals surface area contributed by atoms with E-state index in [2.05, 4.69) is 29.1 Å². The Balaban J connectivity index is 1.46. The summed E-state index contributed by atoms with van der Waals surface area (Å²) < 4.78 is 0. The van der Waals surface area contributed by atoms with Crippen LogP contribution in [0.4, 0.5) is 0 Å². The van der Waals surface area contributed by atoms with Gasteiger partial charge in [0.1, 0.15) is 5.82 Å².